The molecule has 0 atom stereocenters. The molecule has 2 aromatic rings. The van der Waals surface area contributed by atoms with Gasteiger partial charge >= 0.3 is 12.0 Å². The maximum atomic E-state index is 13.7. The van der Waals surface area contributed by atoms with Crippen LogP contribution in [0.3, 0.4) is 0 Å². The Bertz CT molecular complexity index is 854. The standard InChI is InChI=1S/C19H19ClFN3O3/c1-27-18(25)13-6-7-14(20)17(12-13)23-8-10-24(11-9-23)19(26)22-16-5-3-2-4-15(16)21/h2-7,12H,8-11H2,1H3,(H,22,26). The zero-order chi connectivity index (χ0) is 19.4. The number of nitrogens with one attached hydrogen (secondary N) is 1. The molecule has 0 saturated carbocycles. The molecule has 2 aromatic carbocycles. The number of hydrogen-bond acceptors (Lipinski definition) is 4. The first kappa shape index (κ1) is 19.0. The van der Waals surface area contributed by atoms with Crippen molar-refractivity contribution in [1.82, 2.24) is 4.90 Å². The number of methoxy groups -OCH3 is 1. The van der Waals surface area contributed by atoms with Gasteiger partial charge in [0, 0.05) is 26.2 Å². The molecule has 0 radical (unpaired) electrons. The number of para-hydroxylation sites is 1. The van der Waals surface area contributed by atoms with Crippen molar-refractivity contribution in [1.29, 1.82) is 0 Å². The van der Waals surface area contributed by atoms with Crippen LogP contribution in [0.1, 0.15) is 10.4 Å². The van der Waals surface area contributed by atoms with E-state index in [1.165, 1.54) is 19.2 Å². The molecule has 0 unspecified atom stereocenters. The summed E-state index contributed by atoms with van der Waals surface area (Å²) >= 11 is 6.27. The Kier molecular flexibility index (Phi) is 5.81. The summed E-state index contributed by atoms with van der Waals surface area (Å²) in [5.41, 5.74) is 1.28. The third kappa shape index (κ3) is 4.31. The molecular formula is C19H19ClFN3O3. The van der Waals surface area contributed by atoms with Gasteiger partial charge in [0.15, 0.2) is 0 Å². The zero-order valence-electron chi connectivity index (χ0n) is 14.7. The first-order valence-electron chi connectivity index (χ1n) is 8.43. The number of nitrogens with zero attached hydrogens (tertiary/aromatic N) is 2. The minimum Gasteiger partial charge on any atom is -0.465 e. The van der Waals surface area contributed by atoms with E-state index in [9.17, 15) is 14.0 Å². The molecule has 1 heterocycles. The Morgan fingerprint density at radius 2 is 1.81 bits per heavy atom. The third-order valence-corrected chi connectivity index (χ3v) is 4.71. The summed E-state index contributed by atoms with van der Waals surface area (Å²) in [7, 11) is 1.32. The van der Waals surface area contributed by atoms with E-state index in [1.807, 2.05) is 4.90 Å². The fourth-order valence-corrected chi connectivity index (χ4v) is 3.14. The number of carbonyl (C=O) groups excluding carboxylic acids is 2. The van der Waals surface area contributed by atoms with Crippen LogP contribution in [0, 0.1) is 5.82 Å². The molecule has 1 aliphatic heterocycles. The minimum absolute atomic E-state index is 0.152. The summed E-state index contributed by atoms with van der Waals surface area (Å²) in [5, 5.41) is 3.10. The molecule has 0 aromatic heterocycles. The fraction of sp³-hybridized carbons (Fsp3) is 0.263. The van der Waals surface area contributed by atoms with Crippen LogP contribution in [-0.4, -0.2) is 50.2 Å². The molecule has 2 amide bonds. The highest BCUT2D eigenvalue weighted by Gasteiger charge is 2.23. The smallest absolute Gasteiger partial charge is 0.337 e. The molecule has 1 fully saturated rings. The molecule has 142 valence electrons. The first-order chi connectivity index (χ1) is 13.0. The van der Waals surface area contributed by atoms with Crippen molar-refractivity contribution in [2.24, 2.45) is 0 Å². The van der Waals surface area contributed by atoms with Crippen LogP contribution in [0.5, 0.6) is 0 Å². The second-order valence-electron chi connectivity index (χ2n) is 6.04. The Morgan fingerprint density at radius 3 is 2.48 bits per heavy atom. The van der Waals surface area contributed by atoms with E-state index < -0.39 is 11.8 Å². The van der Waals surface area contributed by atoms with Crippen molar-refractivity contribution in [2.75, 3.05) is 43.5 Å². The molecule has 6 nitrogen and oxygen atoms in total. The average Bonchev–Trinajstić information content (AvgIpc) is 2.69. The quantitative estimate of drug-likeness (QED) is 0.812. The minimum atomic E-state index is -0.476. The summed E-state index contributed by atoms with van der Waals surface area (Å²) in [6, 6.07) is 10.6. The van der Waals surface area contributed by atoms with Crippen LogP contribution in [0.2, 0.25) is 5.02 Å². The number of anilines is 2. The molecule has 1 saturated heterocycles. The molecule has 27 heavy (non-hydrogen) atoms. The lowest BCUT2D eigenvalue weighted by Crippen LogP contribution is -2.50. The molecule has 3 rings (SSSR count). The largest absolute Gasteiger partial charge is 0.465 e. The van der Waals surface area contributed by atoms with Crippen LogP contribution in [-0.2, 0) is 4.74 Å². The van der Waals surface area contributed by atoms with E-state index in [2.05, 4.69) is 5.32 Å². The Balaban J connectivity index is 1.64. The van der Waals surface area contributed by atoms with Crippen molar-refractivity contribution in [3.8, 4) is 0 Å². The zero-order valence-corrected chi connectivity index (χ0v) is 15.5. The highest BCUT2D eigenvalue weighted by molar-refractivity contribution is 6.33. The second kappa shape index (κ2) is 8.26. The number of rotatable bonds is 3. The van der Waals surface area contributed by atoms with Crippen LogP contribution in [0.4, 0.5) is 20.6 Å². The molecule has 0 aliphatic carbocycles. The highest BCUT2D eigenvalue weighted by Crippen LogP contribution is 2.28. The number of halogens is 2. The lowest BCUT2D eigenvalue weighted by molar-refractivity contribution is 0.0600. The Labute approximate surface area is 161 Å². The fourth-order valence-electron chi connectivity index (χ4n) is 2.91. The van der Waals surface area contributed by atoms with Crippen LogP contribution in [0.25, 0.3) is 0 Å². The normalized spacial score (nSPS) is 14.0. The molecule has 8 heteroatoms. The summed E-state index contributed by atoms with van der Waals surface area (Å²) in [6.07, 6.45) is 0. The molecular weight excluding hydrogens is 373 g/mol. The predicted molar refractivity (Wildman–Crippen MR) is 102 cm³/mol. The average molecular weight is 392 g/mol. The van der Waals surface area contributed by atoms with Crippen molar-refractivity contribution < 1.29 is 18.7 Å². The summed E-state index contributed by atoms with van der Waals surface area (Å²) in [5.74, 6) is -0.910. The van der Waals surface area contributed by atoms with Crippen molar-refractivity contribution in [3.63, 3.8) is 0 Å². The highest BCUT2D eigenvalue weighted by atomic mass is 35.5. The number of amides is 2. The SMILES string of the molecule is COC(=O)c1ccc(Cl)c(N2CCN(C(=O)Nc3ccccc3F)CC2)c1. The van der Waals surface area contributed by atoms with Gasteiger partial charge in [-0.3, -0.25) is 0 Å². The van der Waals surface area contributed by atoms with Gasteiger partial charge < -0.3 is 19.9 Å². The molecule has 0 spiro atoms. The van der Waals surface area contributed by atoms with E-state index in [1.54, 1.807) is 35.2 Å². The van der Waals surface area contributed by atoms with Gasteiger partial charge in [0.05, 0.1) is 29.1 Å². The summed E-state index contributed by atoms with van der Waals surface area (Å²) in [4.78, 5) is 27.7. The van der Waals surface area contributed by atoms with Gasteiger partial charge in [-0.2, -0.15) is 0 Å². The molecule has 1 N–H and O–H groups in total. The van der Waals surface area contributed by atoms with Crippen molar-refractivity contribution >= 4 is 35.0 Å². The predicted octanol–water partition coefficient (Wildman–Crippen LogP) is 3.62. The topological polar surface area (TPSA) is 61.9 Å². The number of esters is 1. The van der Waals surface area contributed by atoms with E-state index in [0.717, 1.165) is 0 Å². The van der Waals surface area contributed by atoms with Crippen LogP contribution < -0.4 is 10.2 Å². The lowest BCUT2D eigenvalue weighted by atomic mass is 10.1. The lowest BCUT2D eigenvalue weighted by Gasteiger charge is -2.36. The second-order valence-corrected chi connectivity index (χ2v) is 6.45. The van der Waals surface area contributed by atoms with Crippen molar-refractivity contribution in [2.45, 2.75) is 0 Å². The number of hydrogen-bond donors (Lipinski definition) is 1. The number of piperazine rings is 1. The number of urea groups is 1. The first-order valence-corrected chi connectivity index (χ1v) is 8.80. The number of benzene rings is 2. The maximum absolute atomic E-state index is 13.7. The van der Waals surface area contributed by atoms with E-state index in [-0.39, 0.29) is 11.7 Å². The molecule has 0 bridgehead atoms. The van der Waals surface area contributed by atoms with Gasteiger partial charge in [-0.25, -0.2) is 14.0 Å². The van der Waals surface area contributed by atoms with Crippen molar-refractivity contribution in [3.05, 3.63) is 58.9 Å². The van der Waals surface area contributed by atoms with E-state index >= 15 is 0 Å². The number of carbonyl (C=O) groups is 2. The Morgan fingerprint density at radius 1 is 1.11 bits per heavy atom. The van der Waals surface area contributed by atoms with Gasteiger partial charge in [-0.1, -0.05) is 23.7 Å². The van der Waals surface area contributed by atoms with Gasteiger partial charge in [0.1, 0.15) is 5.82 Å². The van der Waals surface area contributed by atoms with E-state index in [4.69, 9.17) is 16.3 Å². The molecule has 1 aliphatic rings. The maximum Gasteiger partial charge on any atom is 0.337 e. The third-order valence-electron chi connectivity index (χ3n) is 4.39. The summed E-state index contributed by atoms with van der Waals surface area (Å²) < 4.78 is 18.4. The monoisotopic (exact) mass is 391 g/mol. The van der Waals surface area contributed by atoms with Gasteiger partial charge in [-0.05, 0) is 30.3 Å². The van der Waals surface area contributed by atoms with Gasteiger partial charge in [0.2, 0.25) is 0 Å². The van der Waals surface area contributed by atoms with Crippen LogP contribution in [0.15, 0.2) is 42.5 Å². The number of ether oxygens (including phenoxy) is 1. The van der Waals surface area contributed by atoms with Gasteiger partial charge in [-0.15, -0.1) is 0 Å². The van der Waals surface area contributed by atoms with E-state index in [0.29, 0.717) is 42.5 Å². The van der Waals surface area contributed by atoms with Gasteiger partial charge in [0.25, 0.3) is 0 Å². The Hall–Kier alpha value is -2.80. The van der Waals surface area contributed by atoms with Crippen LogP contribution >= 0.6 is 11.6 Å². The summed E-state index contributed by atoms with van der Waals surface area (Å²) in [6.45, 7) is 1.96.